The predicted octanol–water partition coefficient (Wildman–Crippen LogP) is 2.47. The molecule has 0 aliphatic carbocycles. The fraction of sp³-hybridized carbons (Fsp3) is 0.238. The molecular formula is C21H21N3O4. The molecule has 2 heterocycles. The monoisotopic (exact) mass is 379 g/mol. The van der Waals surface area contributed by atoms with Crippen LogP contribution in [0.3, 0.4) is 0 Å². The SMILES string of the molecule is COc1cccc([C@@H](NC(=O)[C@H]2COc3ccccc3O2)c2nccn2C)c1. The summed E-state index contributed by atoms with van der Waals surface area (Å²) in [6, 6.07) is 14.4. The van der Waals surface area contributed by atoms with Crippen LogP contribution < -0.4 is 19.5 Å². The lowest BCUT2D eigenvalue weighted by Crippen LogP contribution is -2.45. The Balaban J connectivity index is 1.59. The maximum atomic E-state index is 13.0. The molecule has 1 aliphatic heterocycles. The van der Waals surface area contributed by atoms with Gasteiger partial charge in [-0.1, -0.05) is 24.3 Å². The summed E-state index contributed by atoms with van der Waals surface area (Å²) < 4.78 is 18.7. The summed E-state index contributed by atoms with van der Waals surface area (Å²) in [5.41, 5.74) is 0.860. The van der Waals surface area contributed by atoms with Gasteiger partial charge in [-0.05, 0) is 29.8 Å². The highest BCUT2D eigenvalue weighted by Crippen LogP contribution is 2.31. The normalized spacial score (nSPS) is 16.3. The van der Waals surface area contributed by atoms with Crippen molar-refractivity contribution in [3.05, 3.63) is 72.3 Å². The van der Waals surface area contributed by atoms with Crippen LogP contribution in [0.4, 0.5) is 0 Å². The molecule has 3 aromatic rings. The Hall–Kier alpha value is -3.48. The first-order valence-electron chi connectivity index (χ1n) is 8.95. The molecule has 7 nitrogen and oxygen atoms in total. The van der Waals surface area contributed by atoms with Gasteiger partial charge in [0.15, 0.2) is 11.5 Å². The Bertz CT molecular complexity index is 985. The number of amides is 1. The average molecular weight is 379 g/mol. The number of fused-ring (bicyclic) bond motifs is 1. The van der Waals surface area contributed by atoms with E-state index in [9.17, 15) is 4.79 Å². The van der Waals surface area contributed by atoms with Gasteiger partial charge in [-0.25, -0.2) is 4.98 Å². The number of hydrogen-bond donors (Lipinski definition) is 1. The van der Waals surface area contributed by atoms with Crippen molar-refractivity contribution in [2.45, 2.75) is 12.1 Å². The Morgan fingerprint density at radius 1 is 1.25 bits per heavy atom. The number of ether oxygens (including phenoxy) is 3. The summed E-state index contributed by atoms with van der Waals surface area (Å²) in [7, 11) is 3.50. The number of nitrogens with zero attached hydrogens (tertiary/aromatic N) is 2. The molecule has 1 N–H and O–H groups in total. The van der Waals surface area contributed by atoms with Gasteiger partial charge in [0.1, 0.15) is 24.2 Å². The van der Waals surface area contributed by atoms with Crippen LogP contribution in [0.2, 0.25) is 0 Å². The largest absolute Gasteiger partial charge is 0.497 e. The van der Waals surface area contributed by atoms with Crippen LogP contribution in [-0.2, 0) is 11.8 Å². The zero-order valence-corrected chi connectivity index (χ0v) is 15.7. The maximum Gasteiger partial charge on any atom is 0.265 e. The summed E-state index contributed by atoms with van der Waals surface area (Å²) in [5, 5.41) is 3.05. The topological polar surface area (TPSA) is 74.6 Å². The fourth-order valence-electron chi connectivity index (χ4n) is 3.16. The third-order valence-electron chi connectivity index (χ3n) is 4.63. The van der Waals surface area contributed by atoms with Gasteiger partial charge >= 0.3 is 0 Å². The Kier molecular flexibility index (Phi) is 4.89. The van der Waals surface area contributed by atoms with E-state index in [1.54, 1.807) is 19.4 Å². The van der Waals surface area contributed by atoms with Gasteiger partial charge in [0.05, 0.1) is 7.11 Å². The molecule has 2 aromatic carbocycles. The second-order valence-corrected chi connectivity index (χ2v) is 6.48. The van der Waals surface area contributed by atoms with Crippen molar-refractivity contribution in [1.82, 2.24) is 14.9 Å². The van der Waals surface area contributed by atoms with E-state index in [1.165, 1.54) is 0 Å². The molecule has 1 aromatic heterocycles. The number of para-hydroxylation sites is 2. The fourth-order valence-corrected chi connectivity index (χ4v) is 3.16. The van der Waals surface area contributed by atoms with E-state index in [0.717, 1.165) is 5.56 Å². The third kappa shape index (κ3) is 3.51. The predicted molar refractivity (Wildman–Crippen MR) is 103 cm³/mol. The van der Waals surface area contributed by atoms with Crippen molar-refractivity contribution in [2.24, 2.45) is 7.05 Å². The van der Waals surface area contributed by atoms with Crippen LogP contribution >= 0.6 is 0 Å². The summed E-state index contributed by atoms with van der Waals surface area (Å²) in [6.45, 7) is 0.147. The van der Waals surface area contributed by atoms with E-state index in [1.807, 2.05) is 60.3 Å². The first kappa shape index (κ1) is 17.9. The van der Waals surface area contributed by atoms with Gasteiger partial charge in [-0.2, -0.15) is 0 Å². The molecule has 1 amide bonds. The van der Waals surface area contributed by atoms with Crippen LogP contribution in [0.1, 0.15) is 17.4 Å². The first-order valence-corrected chi connectivity index (χ1v) is 8.95. The second kappa shape index (κ2) is 7.64. The number of methoxy groups -OCH3 is 1. The minimum Gasteiger partial charge on any atom is -0.497 e. The van der Waals surface area contributed by atoms with Gasteiger partial charge in [0, 0.05) is 19.4 Å². The molecule has 0 bridgehead atoms. The zero-order valence-electron chi connectivity index (χ0n) is 15.7. The summed E-state index contributed by atoms with van der Waals surface area (Å²) in [6.07, 6.45) is 2.79. The number of benzene rings is 2. The molecule has 1 aliphatic rings. The van der Waals surface area contributed by atoms with Crippen molar-refractivity contribution in [3.8, 4) is 17.2 Å². The van der Waals surface area contributed by atoms with Crippen molar-refractivity contribution in [1.29, 1.82) is 0 Å². The summed E-state index contributed by atoms with van der Waals surface area (Å²) in [4.78, 5) is 17.4. The van der Waals surface area contributed by atoms with Crippen LogP contribution in [0.25, 0.3) is 0 Å². The van der Waals surface area contributed by atoms with Crippen LogP contribution in [0, 0.1) is 0 Å². The van der Waals surface area contributed by atoms with E-state index >= 15 is 0 Å². The van der Waals surface area contributed by atoms with E-state index in [-0.39, 0.29) is 12.5 Å². The highest BCUT2D eigenvalue weighted by Gasteiger charge is 2.30. The van der Waals surface area contributed by atoms with Crippen molar-refractivity contribution < 1.29 is 19.0 Å². The molecule has 28 heavy (non-hydrogen) atoms. The maximum absolute atomic E-state index is 13.0. The number of nitrogens with one attached hydrogen (secondary N) is 1. The average Bonchev–Trinajstić information content (AvgIpc) is 3.17. The van der Waals surface area contributed by atoms with E-state index in [4.69, 9.17) is 14.2 Å². The molecule has 144 valence electrons. The number of rotatable bonds is 5. The molecule has 0 saturated carbocycles. The molecule has 0 fully saturated rings. The molecule has 0 unspecified atom stereocenters. The second-order valence-electron chi connectivity index (χ2n) is 6.48. The van der Waals surface area contributed by atoms with Crippen molar-refractivity contribution in [2.75, 3.05) is 13.7 Å². The number of imidazole rings is 1. The zero-order chi connectivity index (χ0) is 19.5. The number of carbonyl (C=O) groups excluding carboxylic acids is 1. The van der Waals surface area contributed by atoms with E-state index < -0.39 is 12.1 Å². The van der Waals surface area contributed by atoms with Crippen LogP contribution in [0.15, 0.2) is 60.9 Å². The minimum absolute atomic E-state index is 0.147. The minimum atomic E-state index is -0.747. The van der Waals surface area contributed by atoms with Crippen LogP contribution in [0.5, 0.6) is 17.2 Å². The molecule has 2 atom stereocenters. The Morgan fingerprint density at radius 2 is 2.07 bits per heavy atom. The van der Waals surface area contributed by atoms with Gasteiger partial charge in [0.2, 0.25) is 6.10 Å². The number of hydrogen-bond acceptors (Lipinski definition) is 5. The summed E-state index contributed by atoms with van der Waals surface area (Å²) >= 11 is 0. The molecule has 0 radical (unpaired) electrons. The first-order chi connectivity index (χ1) is 13.7. The molecule has 7 heteroatoms. The molecule has 0 saturated heterocycles. The molecule has 4 rings (SSSR count). The van der Waals surface area contributed by atoms with Crippen molar-refractivity contribution in [3.63, 3.8) is 0 Å². The lowest BCUT2D eigenvalue weighted by Gasteiger charge is -2.27. The van der Waals surface area contributed by atoms with Gasteiger partial charge < -0.3 is 24.1 Å². The lowest BCUT2D eigenvalue weighted by molar-refractivity contribution is -0.130. The smallest absolute Gasteiger partial charge is 0.265 e. The molecule has 0 spiro atoms. The van der Waals surface area contributed by atoms with Gasteiger partial charge in [-0.15, -0.1) is 0 Å². The Morgan fingerprint density at radius 3 is 2.82 bits per heavy atom. The quantitative estimate of drug-likeness (QED) is 0.737. The highest BCUT2D eigenvalue weighted by atomic mass is 16.6. The Labute approximate surface area is 162 Å². The van der Waals surface area contributed by atoms with E-state index in [2.05, 4.69) is 10.3 Å². The number of carbonyl (C=O) groups is 1. The van der Waals surface area contributed by atoms with Crippen LogP contribution in [-0.4, -0.2) is 35.3 Å². The third-order valence-corrected chi connectivity index (χ3v) is 4.63. The van der Waals surface area contributed by atoms with Gasteiger partial charge in [0.25, 0.3) is 5.91 Å². The number of aromatic nitrogens is 2. The standard InChI is InChI=1S/C21H21N3O4/c1-24-11-10-22-20(24)19(14-6-5-7-15(12-14)26-2)23-21(25)18-13-27-16-8-3-4-9-17(16)28-18/h3-12,18-19H,13H2,1-2H3,(H,23,25)/t18-,19-/m1/s1. The number of aryl methyl sites for hydroxylation is 1. The lowest BCUT2D eigenvalue weighted by atomic mass is 10.1. The highest BCUT2D eigenvalue weighted by molar-refractivity contribution is 5.82. The van der Waals surface area contributed by atoms with Gasteiger partial charge in [-0.3, -0.25) is 4.79 Å². The summed E-state index contributed by atoms with van der Waals surface area (Å²) in [5.74, 6) is 2.34. The van der Waals surface area contributed by atoms with Crippen molar-refractivity contribution >= 4 is 5.91 Å². The molecular weight excluding hydrogens is 358 g/mol. The van der Waals surface area contributed by atoms with E-state index in [0.29, 0.717) is 23.1 Å².